The number of nitrogens with zero attached hydrogens (tertiary/aromatic N) is 2. The SMILES string of the molecule is CC(C)(C)[Si](C)(C)OCCCCc1cn(C2=C(N3CC(CCCC(=O)O)c4ccccc43)C(=O)NC2=O)c2ccccc12. The molecule has 228 valence electrons. The van der Waals surface area contributed by atoms with E-state index in [1.165, 1.54) is 0 Å². The van der Waals surface area contributed by atoms with Crippen LogP contribution in [-0.4, -0.2) is 48.9 Å². The number of hydrogen-bond acceptors (Lipinski definition) is 5. The molecule has 2 amide bonds. The van der Waals surface area contributed by atoms with Crippen molar-refractivity contribution in [2.75, 3.05) is 18.1 Å². The van der Waals surface area contributed by atoms with Crippen molar-refractivity contribution in [2.45, 2.75) is 83.3 Å². The van der Waals surface area contributed by atoms with Crippen LogP contribution in [0.1, 0.15) is 69.9 Å². The van der Waals surface area contributed by atoms with Crippen molar-refractivity contribution in [3.8, 4) is 0 Å². The third-order valence-electron chi connectivity index (χ3n) is 9.31. The lowest BCUT2D eigenvalue weighted by atomic mass is 9.95. The lowest BCUT2D eigenvalue weighted by Crippen LogP contribution is -2.40. The van der Waals surface area contributed by atoms with E-state index in [2.05, 4.69) is 45.2 Å². The lowest BCUT2D eigenvalue weighted by molar-refractivity contribution is -0.137. The summed E-state index contributed by atoms with van der Waals surface area (Å²) in [7, 11) is -1.79. The molecule has 0 saturated carbocycles. The van der Waals surface area contributed by atoms with E-state index in [9.17, 15) is 14.4 Å². The van der Waals surface area contributed by atoms with E-state index in [4.69, 9.17) is 9.53 Å². The molecule has 0 fully saturated rings. The molecular weight excluding hydrogens is 558 g/mol. The number of hydrogen-bond donors (Lipinski definition) is 2. The van der Waals surface area contributed by atoms with Gasteiger partial charge in [0, 0.05) is 42.8 Å². The van der Waals surface area contributed by atoms with Crippen LogP contribution in [0.25, 0.3) is 16.6 Å². The molecular formula is C34H43N3O5Si. The molecule has 1 unspecified atom stereocenters. The third-order valence-corrected chi connectivity index (χ3v) is 13.8. The van der Waals surface area contributed by atoms with Crippen molar-refractivity contribution in [2.24, 2.45) is 0 Å². The van der Waals surface area contributed by atoms with Crippen LogP contribution in [0.4, 0.5) is 5.69 Å². The number of carbonyl (C=O) groups is 3. The topological polar surface area (TPSA) is 101 Å². The minimum atomic E-state index is -1.79. The number of amides is 2. The number of unbranched alkanes of at least 4 members (excludes halogenated alkanes) is 1. The molecule has 8 nitrogen and oxygen atoms in total. The smallest absolute Gasteiger partial charge is 0.303 e. The molecule has 9 heteroatoms. The fourth-order valence-corrected chi connectivity index (χ4v) is 7.05. The van der Waals surface area contributed by atoms with Crippen molar-refractivity contribution >= 4 is 48.4 Å². The Labute approximate surface area is 254 Å². The zero-order valence-electron chi connectivity index (χ0n) is 25.9. The fourth-order valence-electron chi connectivity index (χ4n) is 5.96. The van der Waals surface area contributed by atoms with E-state index in [-0.39, 0.29) is 17.4 Å². The maximum Gasteiger partial charge on any atom is 0.303 e. The predicted molar refractivity (Wildman–Crippen MR) is 172 cm³/mol. The van der Waals surface area contributed by atoms with Gasteiger partial charge in [0.15, 0.2) is 8.32 Å². The third kappa shape index (κ3) is 6.19. The van der Waals surface area contributed by atoms with Crippen LogP contribution in [0.2, 0.25) is 18.1 Å². The second kappa shape index (κ2) is 12.1. The van der Waals surface area contributed by atoms with Gasteiger partial charge >= 0.3 is 5.97 Å². The Hall–Kier alpha value is -3.69. The van der Waals surface area contributed by atoms with Crippen molar-refractivity contribution in [3.63, 3.8) is 0 Å². The largest absolute Gasteiger partial charge is 0.481 e. The number of carboxylic acids is 1. The average Bonchev–Trinajstić information content (AvgIpc) is 3.58. The number of aliphatic carboxylic acids is 1. The number of fused-ring (bicyclic) bond motifs is 2. The molecule has 0 spiro atoms. The molecule has 43 heavy (non-hydrogen) atoms. The van der Waals surface area contributed by atoms with Crippen LogP contribution in [0.15, 0.2) is 60.4 Å². The summed E-state index contributed by atoms with van der Waals surface area (Å²) >= 11 is 0. The van der Waals surface area contributed by atoms with Gasteiger partial charge in [-0.05, 0) is 73.5 Å². The Balaban J connectivity index is 1.43. The number of carboxylic acid groups (broad SMARTS) is 1. The summed E-state index contributed by atoms with van der Waals surface area (Å²) in [6.07, 6.45) is 6.10. The van der Waals surface area contributed by atoms with E-state index >= 15 is 0 Å². The van der Waals surface area contributed by atoms with Crippen molar-refractivity contribution in [1.82, 2.24) is 9.88 Å². The molecule has 0 saturated heterocycles. The van der Waals surface area contributed by atoms with Gasteiger partial charge in [-0.2, -0.15) is 0 Å². The first-order valence-electron chi connectivity index (χ1n) is 15.3. The highest BCUT2D eigenvalue weighted by atomic mass is 28.4. The van der Waals surface area contributed by atoms with Gasteiger partial charge in [-0.3, -0.25) is 19.7 Å². The molecule has 1 atom stereocenters. The average molecular weight is 602 g/mol. The number of nitrogens with one attached hydrogen (secondary N) is 1. The maximum absolute atomic E-state index is 13.4. The number of carbonyl (C=O) groups excluding carboxylic acids is 2. The van der Waals surface area contributed by atoms with Crippen molar-refractivity contribution in [1.29, 1.82) is 0 Å². The molecule has 5 rings (SSSR count). The number of rotatable bonds is 12. The zero-order valence-corrected chi connectivity index (χ0v) is 26.9. The van der Waals surface area contributed by atoms with E-state index in [1.807, 2.05) is 58.1 Å². The van der Waals surface area contributed by atoms with Gasteiger partial charge < -0.3 is 19.0 Å². The number of para-hydroxylation sites is 2. The molecule has 1 aromatic heterocycles. The van der Waals surface area contributed by atoms with Gasteiger partial charge in [-0.15, -0.1) is 0 Å². The number of benzene rings is 2. The Morgan fingerprint density at radius 1 is 1.00 bits per heavy atom. The molecule has 3 heterocycles. The van der Waals surface area contributed by atoms with E-state index in [0.717, 1.165) is 53.6 Å². The Morgan fingerprint density at radius 2 is 1.70 bits per heavy atom. The van der Waals surface area contributed by atoms with Crippen LogP contribution >= 0.6 is 0 Å². The summed E-state index contributed by atoms with van der Waals surface area (Å²) < 4.78 is 8.26. The minimum Gasteiger partial charge on any atom is -0.481 e. The summed E-state index contributed by atoms with van der Waals surface area (Å²) in [5.41, 5.74) is 4.65. The van der Waals surface area contributed by atoms with Crippen molar-refractivity contribution in [3.05, 3.63) is 71.6 Å². The fraction of sp³-hybridized carbons (Fsp3) is 0.441. The molecule has 0 bridgehead atoms. The maximum atomic E-state index is 13.4. The van der Waals surface area contributed by atoms with E-state index in [1.54, 1.807) is 0 Å². The lowest BCUT2D eigenvalue weighted by Gasteiger charge is -2.36. The van der Waals surface area contributed by atoms with E-state index < -0.39 is 26.1 Å². The molecule has 3 aromatic rings. The van der Waals surface area contributed by atoms with Gasteiger partial charge in [0.25, 0.3) is 11.8 Å². The molecule has 0 radical (unpaired) electrons. The standard InChI is InChI=1S/C34H43N3O5Si/c1-34(2,3)43(4,5)42-20-11-10-13-23-21-36(27-17-8-6-15-25(23)27)30-31(33(41)35-32(30)40)37-22-24(14-12-19-29(38)39)26-16-7-9-18-28(26)37/h6-9,15-18,21,24H,10-14,19-20,22H2,1-5H3,(H,38,39)(H,35,40,41). The number of aromatic nitrogens is 1. The quantitative estimate of drug-likeness (QED) is 0.137. The number of anilines is 1. The Kier molecular flexibility index (Phi) is 8.67. The number of imide groups is 1. The van der Waals surface area contributed by atoms with Crippen LogP contribution in [0, 0.1) is 0 Å². The normalized spacial score (nSPS) is 17.2. The minimum absolute atomic E-state index is 0.0679. The number of aryl methyl sites for hydroxylation is 1. The summed E-state index contributed by atoms with van der Waals surface area (Å²) in [6, 6.07) is 15.9. The van der Waals surface area contributed by atoms with Crippen LogP contribution in [-0.2, 0) is 25.2 Å². The molecule has 0 aliphatic carbocycles. The van der Waals surface area contributed by atoms with Crippen molar-refractivity contribution < 1.29 is 23.9 Å². The summed E-state index contributed by atoms with van der Waals surface area (Å²) in [5.74, 6) is -1.57. The summed E-state index contributed by atoms with van der Waals surface area (Å²) in [5, 5.41) is 12.9. The second-order valence-electron chi connectivity index (χ2n) is 13.2. The molecule has 2 aliphatic heterocycles. The predicted octanol–water partition coefficient (Wildman–Crippen LogP) is 6.67. The van der Waals surface area contributed by atoms with E-state index in [0.29, 0.717) is 30.8 Å². The highest BCUT2D eigenvalue weighted by Crippen LogP contribution is 2.43. The first-order chi connectivity index (χ1) is 20.4. The molecule has 2 N–H and O–H groups in total. The first-order valence-corrected chi connectivity index (χ1v) is 18.2. The van der Waals surface area contributed by atoms with Crippen LogP contribution in [0.3, 0.4) is 0 Å². The van der Waals surface area contributed by atoms with Crippen LogP contribution < -0.4 is 10.2 Å². The molecule has 2 aliphatic rings. The first kappa shape index (κ1) is 30.8. The Bertz CT molecular complexity index is 1580. The van der Waals surface area contributed by atoms with Crippen LogP contribution in [0.5, 0.6) is 0 Å². The highest BCUT2D eigenvalue weighted by Gasteiger charge is 2.41. The van der Waals surface area contributed by atoms with Gasteiger partial charge in [0.2, 0.25) is 0 Å². The highest BCUT2D eigenvalue weighted by molar-refractivity contribution is 6.74. The van der Waals surface area contributed by atoms with Gasteiger partial charge in [0.05, 0.1) is 5.52 Å². The molecule has 2 aromatic carbocycles. The second-order valence-corrected chi connectivity index (χ2v) is 18.0. The zero-order chi connectivity index (χ0) is 30.9. The Morgan fingerprint density at radius 3 is 2.44 bits per heavy atom. The van der Waals surface area contributed by atoms with Gasteiger partial charge in [-0.1, -0.05) is 57.2 Å². The monoisotopic (exact) mass is 601 g/mol. The van der Waals surface area contributed by atoms with Gasteiger partial charge in [0.1, 0.15) is 11.4 Å². The van der Waals surface area contributed by atoms with Gasteiger partial charge in [-0.25, -0.2) is 0 Å². The summed E-state index contributed by atoms with van der Waals surface area (Å²) in [4.78, 5) is 39.9. The summed E-state index contributed by atoms with van der Waals surface area (Å²) in [6.45, 7) is 12.6.